The maximum Gasteiger partial charge on any atom is 0.311 e. The summed E-state index contributed by atoms with van der Waals surface area (Å²) in [6.07, 6.45) is 0.224. The molecule has 1 heterocycles. The van der Waals surface area contributed by atoms with E-state index in [1.54, 1.807) is 4.90 Å². The van der Waals surface area contributed by atoms with Gasteiger partial charge in [-0.25, -0.2) is 0 Å². The number of amides is 3. The molecule has 7 heteroatoms. The number of hydrogen-bond donors (Lipinski definition) is 2. The molecular formula is C13H24N4O3. The molecule has 114 valence electrons. The normalized spacial score (nSPS) is 14.8. The summed E-state index contributed by atoms with van der Waals surface area (Å²) in [6.45, 7) is 7.84. The largest absolute Gasteiger partial charge is 0.347 e. The summed E-state index contributed by atoms with van der Waals surface area (Å²) in [7, 11) is 0. The van der Waals surface area contributed by atoms with Gasteiger partial charge in [0, 0.05) is 52.2 Å². The van der Waals surface area contributed by atoms with E-state index in [9.17, 15) is 14.4 Å². The van der Waals surface area contributed by atoms with E-state index in [-0.39, 0.29) is 18.9 Å². The van der Waals surface area contributed by atoms with Gasteiger partial charge < -0.3 is 20.4 Å². The molecule has 1 saturated heterocycles. The molecule has 20 heavy (non-hydrogen) atoms. The molecule has 0 aromatic carbocycles. The van der Waals surface area contributed by atoms with E-state index in [2.05, 4.69) is 10.6 Å². The first-order valence-electron chi connectivity index (χ1n) is 7.15. The number of carbonyl (C=O) groups is 3. The maximum absolute atomic E-state index is 11.8. The Morgan fingerprint density at radius 1 is 1.15 bits per heavy atom. The molecule has 0 bridgehead atoms. The Labute approximate surface area is 119 Å². The van der Waals surface area contributed by atoms with Gasteiger partial charge in [-0.05, 0) is 13.8 Å². The van der Waals surface area contributed by atoms with Crippen LogP contribution in [0.2, 0.25) is 0 Å². The van der Waals surface area contributed by atoms with Crippen LogP contribution in [0.3, 0.4) is 0 Å². The third-order valence-corrected chi connectivity index (χ3v) is 3.34. The van der Waals surface area contributed by atoms with Crippen molar-refractivity contribution in [3.8, 4) is 0 Å². The van der Waals surface area contributed by atoms with Crippen LogP contribution < -0.4 is 10.6 Å². The van der Waals surface area contributed by atoms with Crippen LogP contribution in [0.1, 0.15) is 20.3 Å². The maximum atomic E-state index is 11.8. The summed E-state index contributed by atoms with van der Waals surface area (Å²) >= 11 is 0. The Morgan fingerprint density at radius 3 is 2.30 bits per heavy atom. The lowest BCUT2D eigenvalue weighted by molar-refractivity contribution is -0.146. The molecule has 1 rings (SSSR count). The quantitative estimate of drug-likeness (QED) is 0.621. The summed E-state index contributed by atoms with van der Waals surface area (Å²) < 4.78 is 0. The van der Waals surface area contributed by atoms with Crippen LogP contribution in [0.4, 0.5) is 0 Å². The van der Waals surface area contributed by atoms with Gasteiger partial charge in [-0.1, -0.05) is 0 Å². The fraction of sp³-hybridized carbons (Fsp3) is 0.769. The second-order valence-corrected chi connectivity index (χ2v) is 4.61. The third kappa shape index (κ3) is 4.80. The first-order chi connectivity index (χ1) is 9.60. The molecule has 3 amide bonds. The van der Waals surface area contributed by atoms with E-state index in [1.165, 1.54) is 4.90 Å². The monoisotopic (exact) mass is 284 g/mol. The highest BCUT2D eigenvalue weighted by atomic mass is 16.2. The lowest BCUT2D eigenvalue weighted by Gasteiger charge is -2.26. The van der Waals surface area contributed by atoms with Gasteiger partial charge in [-0.15, -0.1) is 0 Å². The molecule has 0 saturated carbocycles. The Hall–Kier alpha value is -1.63. The molecule has 0 spiro atoms. The van der Waals surface area contributed by atoms with E-state index in [1.807, 2.05) is 13.8 Å². The predicted octanol–water partition coefficient (Wildman–Crippen LogP) is -1.21. The number of carbonyl (C=O) groups excluding carboxylic acids is 3. The zero-order valence-electron chi connectivity index (χ0n) is 12.3. The summed E-state index contributed by atoms with van der Waals surface area (Å²) in [5, 5.41) is 5.63. The van der Waals surface area contributed by atoms with E-state index in [4.69, 9.17) is 0 Å². The average Bonchev–Trinajstić information content (AvgIpc) is 2.48. The van der Waals surface area contributed by atoms with E-state index in [0.29, 0.717) is 39.3 Å². The van der Waals surface area contributed by atoms with Crippen molar-refractivity contribution < 1.29 is 14.4 Å². The number of nitrogens with one attached hydrogen (secondary N) is 2. The van der Waals surface area contributed by atoms with Gasteiger partial charge in [-0.3, -0.25) is 14.4 Å². The van der Waals surface area contributed by atoms with Crippen LogP contribution >= 0.6 is 0 Å². The first-order valence-corrected chi connectivity index (χ1v) is 7.15. The minimum absolute atomic E-state index is 0.00933. The molecule has 7 nitrogen and oxygen atoms in total. The number of piperazine rings is 1. The number of rotatable bonds is 5. The van der Waals surface area contributed by atoms with Crippen LogP contribution in [-0.2, 0) is 14.4 Å². The van der Waals surface area contributed by atoms with Crippen LogP contribution in [0.25, 0.3) is 0 Å². The Morgan fingerprint density at radius 2 is 1.75 bits per heavy atom. The number of nitrogens with zero attached hydrogens (tertiary/aromatic N) is 2. The summed E-state index contributed by atoms with van der Waals surface area (Å²) in [5.41, 5.74) is 0. The van der Waals surface area contributed by atoms with Crippen molar-refractivity contribution in [2.24, 2.45) is 0 Å². The van der Waals surface area contributed by atoms with Crippen molar-refractivity contribution in [3.63, 3.8) is 0 Å². The van der Waals surface area contributed by atoms with Crippen molar-refractivity contribution in [2.75, 3.05) is 45.8 Å². The molecule has 0 aromatic heterocycles. The average molecular weight is 284 g/mol. The molecule has 1 aliphatic heterocycles. The zero-order chi connectivity index (χ0) is 15.0. The lowest BCUT2D eigenvalue weighted by Crippen LogP contribution is -2.51. The third-order valence-electron chi connectivity index (χ3n) is 3.34. The Balaban J connectivity index is 2.28. The topological polar surface area (TPSA) is 81.8 Å². The highest BCUT2D eigenvalue weighted by Gasteiger charge is 2.23. The minimum atomic E-state index is -0.626. The summed E-state index contributed by atoms with van der Waals surface area (Å²) in [5.74, 6) is -1.15. The Bertz CT molecular complexity index is 350. The SMILES string of the molecule is CCN(CC)C(=O)CCNC(=O)C(=O)N1CCNCC1. The van der Waals surface area contributed by atoms with Crippen molar-refractivity contribution in [1.82, 2.24) is 20.4 Å². The predicted molar refractivity (Wildman–Crippen MR) is 75.0 cm³/mol. The fourth-order valence-corrected chi connectivity index (χ4v) is 2.10. The molecule has 0 atom stereocenters. The van der Waals surface area contributed by atoms with Crippen LogP contribution in [0.15, 0.2) is 0 Å². The van der Waals surface area contributed by atoms with Gasteiger partial charge >= 0.3 is 11.8 Å². The Kier molecular flexibility index (Phi) is 7.00. The highest BCUT2D eigenvalue weighted by Crippen LogP contribution is 1.95. The van der Waals surface area contributed by atoms with E-state index < -0.39 is 11.8 Å². The summed E-state index contributed by atoms with van der Waals surface area (Å²) in [4.78, 5) is 38.4. The molecular weight excluding hydrogens is 260 g/mol. The zero-order valence-corrected chi connectivity index (χ0v) is 12.3. The standard InChI is InChI=1S/C13H24N4O3/c1-3-16(4-2)11(18)5-6-15-12(19)13(20)17-9-7-14-8-10-17/h14H,3-10H2,1-2H3,(H,15,19). The first kappa shape index (κ1) is 16.4. The molecule has 0 aliphatic carbocycles. The van der Waals surface area contributed by atoms with Crippen LogP contribution in [0, 0.1) is 0 Å². The second-order valence-electron chi connectivity index (χ2n) is 4.61. The van der Waals surface area contributed by atoms with Crippen LogP contribution in [0.5, 0.6) is 0 Å². The molecule has 0 radical (unpaired) electrons. The fourth-order valence-electron chi connectivity index (χ4n) is 2.10. The minimum Gasteiger partial charge on any atom is -0.347 e. The van der Waals surface area contributed by atoms with Crippen molar-refractivity contribution >= 4 is 17.7 Å². The van der Waals surface area contributed by atoms with Gasteiger partial charge in [0.05, 0.1) is 0 Å². The van der Waals surface area contributed by atoms with Gasteiger partial charge in [-0.2, -0.15) is 0 Å². The van der Waals surface area contributed by atoms with E-state index >= 15 is 0 Å². The lowest BCUT2D eigenvalue weighted by atomic mass is 10.3. The van der Waals surface area contributed by atoms with Gasteiger partial charge in [0.2, 0.25) is 5.91 Å². The molecule has 1 aliphatic rings. The molecule has 1 fully saturated rings. The smallest absolute Gasteiger partial charge is 0.311 e. The number of hydrogen-bond acceptors (Lipinski definition) is 4. The molecule has 0 aromatic rings. The highest BCUT2D eigenvalue weighted by molar-refractivity contribution is 6.35. The van der Waals surface area contributed by atoms with Crippen molar-refractivity contribution in [3.05, 3.63) is 0 Å². The summed E-state index contributed by atoms with van der Waals surface area (Å²) in [6, 6.07) is 0. The van der Waals surface area contributed by atoms with Gasteiger partial charge in [0.25, 0.3) is 0 Å². The van der Waals surface area contributed by atoms with Crippen molar-refractivity contribution in [2.45, 2.75) is 20.3 Å². The van der Waals surface area contributed by atoms with Crippen molar-refractivity contribution in [1.29, 1.82) is 0 Å². The van der Waals surface area contributed by atoms with E-state index in [0.717, 1.165) is 0 Å². The van der Waals surface area contributed by atoms with Gasteiger partial charge in [0.15, 0.2) is 0 Å². The van der Waals surface area contributed by atoms with Gasteiger partial charge in [0.1, 0.15) is 0 Å². The second kappa shape index (κ2) is 8.52. The molecule has 2 N–H and O–H groups in total. The van der Waals surface area contributed by atoms with Crippen LogP contribution in [-0.4, -0.2) is 73.3 Å². The molecule has 0 unspecified atom stereocenters.